The molecule has 0 amide bonds. The van der Waals surface area contributed by atoms with Crippen LogP contribution in [0.15, 0.2) is 11.6 Å². The second-order valence-electron chi connectivity index (χ2n) is 21.4. The molecule has 0 aromatic heterocycles. The highest BCUT2D eigenvalue weighted by Crippen LogP contribution is 2.71. The maximum atomic E-state index is 12.4. The standard InChI is InChI=1S/C46H74O18/c1-18-10-13-46(64-40(18)56-7)19(2)30-27(63-46)15-26-24-9-8-22-14-23(11-12-44(22,5)25(24)16-29(48)45(26,30)6)59-43-39(62-42-36(54)34(52)32(50)21(4)58-42)37(55)38(28(17-47)60-43)61-41-35(53)33(51)31(49)20(3)57-41/h8,18-21,23-43,47-55H,9-17H2,1-7H3/t18-,19+,20+,21+,23+,24-,25+,26+,27+,28-,29-,30+,31+,32+,33-,34-,35-,36-,37+,38-,39-,40-,41+,42+,43-,44+,45-,46+/m1/s1. The molecule has 18 nitrogen and oxygen atoms in total. The second-order valence-corrected chi connectivity index (χ2v) is 21.4. The Morgan fingerprint density at radius 2 is 1.31 bits per heavy atom. The van der Waals surface area contributed by atoms with Crippen LogP contribution in [0.5, 0.6) is 0 Å². The summed E-state index contributed by atoms with van der Waals surface area (Å²) in [7, 11) is 1.69. The highest BCUT2D eigenvalue weighted by molar-refractivity contribution is 5.27. The van der Waals surface area contributed by atoms with E-state index in [1.807, 2.05) is 0 Å². The quantitative estimate of drug-likeness (QED) is 0.147. The van der Waals surface area contributed by atoms with E-state index in [0.717, 1.165) is 32.1 Å². The van der Waals surface area contributed by atoms with Gasteiger partial charge in [0.05, 0.1) is 37.1 Å². The van der Waals surface area contributed by atoms with E-state index in [1.54, 1.807) is 7.11 Å². The number of allylic oxidation sites excluding steroid dienone is 1. The molecule has 0 aromatic carbocycles. The first-order chi connectivity index (χ1) is 30.3. The minimum Gasteiger partial charge on any atom is -0.394 e. The van der Waals surface area contributed by atoms with Crippen molar-refractivity contribution in [2.75, 3.05) is 13.7 Å². The summed E-state index contributed by atoms with van der Waals surface area (Å²) in [6.07, 6.45) is -14.8. The molecule has 0 radical (unpaired) electrons. The monoisotopic (exact) mass is 914 g/mol. The predicted molar refractivity (Wildman–Crippen MR) is 220 cm³/mol. The van der Waals surface area contributed by atoms with Crippen LogP contribution in [0.1, 0.15) is 92.9 Å². The van der Waals surface area contributed by atoms with E-state index in [-0.39, 0.29) is 52.8 Å². The fourth-order valence-corrected chi connectivity index (χ4v) is 14.2. The number of aliphatic hydroxyl groups excluding tert-OH is 9. The van der Waals surface area contributed by atoms with Crippen LogP contribution in [0, 0.1) is 46.3 Å². The third-order valence-electron chi connectivity index (χ3n) is 18.1. The topological polar surface area (TPSA) is 265 Å². The third-order valence-corrected chi connectivity index (χ3v) is 18.1. The molecular weight excluding hydrogens is 840 g/mol. The average molecular weight is 915 g/mol. The molecule has 18 heteroatoms. The van der Waals surface area contributed by atoms with E-state index < -0.39 is 117 Å². The van der Waals surface area contributed by atoms with Gasteiger partial charge in [-0.25, -0.2) is 0 Å². The highest BCUT2D eigenvalue weighted by Gasteiger charge is 2.71. The van der Waals surface area contributed by atoms with Crippen LogP contribution < -0.4 is 0 Å². The van der Waals surface area contributed by atoms with Gasteiger partial charge in [-0.3, -0.25) is 0 Å². The molecule has 9 N–H and O–H groups in total. The van der Waals surface area contributed by atoms with Crippen LogP contribution >= 0.6 is 0 Å². The number of hydrogen-bond donors (Lipinski definition) is 9. The summed E-state index contributed by atoms with van der Waals surface area (Å²) in [6.45, 7) is 11.3. The lowest BCUT2D eigenvalue weighted by Crippen LogP contribution is -2.66. The minimum atomic E-state index is -1.74. The Morgan fingerprint density at radius 3 is 1.94 bits per heavy atom. The Bertz CT molecular complexity index is 1690. The Balaban J connectivity index is 0.924. The van der Waals surface area contributed by atoms with Crippen LogP contribution in [0.3, 0.4) is 0 Å². The lowest BCUT2D eigenvalue weighted by Gasteiger charge is -2.60. The van der Waals surface area contributed by atoms with Crippen molar-refractivity contribution >= 4 is 0 Å². The molecule has 64 heavy (non-hydrogen) atoms. The molecule has 1 spiro atoms. The summed E-state index contributed by atoms with van der Waals surface area (Å²) >= 11 is 0. The van der Waals surface area contributed by atoms with E-state index in [0.29, 0.717) is 25.2 Å². The molecule has 5 saturated heterocycles. The predicted octanol–water partition coefficient (Wildman–Crippen LogP) is 0.185. The summed E-state index contributed by atoms with van der Waals surface area (Å²) in [5, 5.41) is 98.4. The number of fused-ring (bicyclic) bond motifs is 7. The van der Waals surface area contributed by atoms with Gasteiger partial charge in [0.25, 0.3) is 0 Å². The number of hydrogen-bond acceptors (Lipinski definition) is 18. The molecule has 5 aliphatic heterocycles. The van der Waals surface area contributed by atoms with Crippen LogP contribution in [0.2, 0.25) is 0 Å². The molecule has 8 fully saturated rings. The Morgan fingerprint density at radius 1 is 0.672 bits per heavy atom. The van der Waals surface area contributed by atoms with Gasteiger partial charge >= 0.3 is 0 Å². The Labute approximate surface area is 375 Å². The van der Waals surface area contributed by atoms with E-state index in [9.17, 15) is 46.0 Å². The summed E-state index contributed by atoms with van der Waals surface area (Å²) in [5.41, 5.74) is 0.665. The average Bonchev–Trinajstić information content (AvgIpc) is 3.72. The van der Waals surface area contributed by atoms with Gasteiger partial charge in [0.2, 0.25) is 0 Å². The lowest BCUT2D eigenvalue weighted by molar-refractivity contribution is -0.388. The molecule has 0 aromatic rings. The third kappa shape index (κ3) is 7.60. The largest absolute Gasteiger partial charge is 0.394 e. The first-order valence-corrected chi connectivity index (χ1v) is 23.8. The number of ether oxygens (including phenoxy) is 9. The maximum absolute atomic E-state index is 12.4. The van der Waals surface area contributed by atoms with Crippen molar-refractivity contribution in [3.63, 3.8) is 0 Å². The molecular formula is C46H74O18. The van der Waals surface area contributed by atoms with Crippen LogP contribution in [-0.2, 0) is 42.6 Å². The molecule has 5 heterocycles. The van der Waals surface area contributed by atoms with Gasteiger partial charge in [-0.2, -0.15) is 0 Å². The zero-order valence-electron chi connectivity index (χ0n) is 38.1. The summed E-state index contributed by atoms with van der Waals surface area (Å²) in [6, 6.07) is 0. The second kappa shape index (κ2) is 17.8. The summed E-state index contributed by atoms with van der Waals surface area (Å²) < 4.78 is 55.9. The van der Waals surface area contributed by atoms with Crippen molar-refractivity contribution in [2.45, 2.75) is 215 Å². The maximum Gasteiger partial charge on any atom is 0.187 e. The van der Waals surface area contributed by atoms with Crippen molar-refractivity contribution in [3.05, 3.63) is 11.6 Å². The number of methoxy groups -OCH3 is 1. The summed E-state index contributed by atoms with van der Waals surface area (Å²) in [5.74, 6) is 0.639. The van der Waals surface area contributed by atoms with Crippen LogP contribution in [-0.4, -0.2) is 182 Å². The summed E-state index contributed by atoms with van der Waals surface area (Å²) in [4.78, 5) is 0. The zero-order chi connectivity index (χ0) is 45.9. The van der Waals surface area contributed by atoms with Crippen molar-refractivity contribution in [3.8, 4) is 0 Å². The van der Waals surface area contributed by atoms with Crippen molar-refractivity contribution in [2.24, 2.45) is 46.3 Å². The van der Waals surface area contributed by atoms with E-state index >= 15 is 0 Å². The molecule has 9 rings (SSSR count). The highest BCUT2D eigenvalue weighted by atomic mass is 16.8. The van der Waals surface area contributed by atoms with Crippen LogP contribution in [0.25, 0.3) is 0 Å². The van der Waals surface area contributed by atoms with E-state index in [4.69, 9.17) is 42.6 Å². The molecule has 366 valence electrons. The molecule has 9 aliphatic rings. The molecule has 28 atom stereocenters. The fraction of sp³-hybridized carbons (Fsp3) is 0.957. The lowest BCUT2D eigenvalue weighted by atomic mass is 9.46. The van der Waals surface area contributed by atoms with Crippen molar-refractivity contribution in [1.29, 1.82) is 0 Å². The smallest absolute Gasteiger partial charge is 0.187 e. The van der Waals surface area contributed by atoms with Gasteiger partial charge in [-0.15, -0.1) is 0 Å². The number of aliphatic hydroxyl groups is 9. The van der Waals surface area contributed by atoms with E-state index in [2.05, 4.69) is 33.8 Å². The molecule has 3 saturated carbocycles. The minimum absolute atomic E-state index is 0.0136. The van der Waals surface area contributed by atoms with Crippen molar-refractivity contribution < 1.29 is 88.6 Å². The Kier molecular flexibility index (Phi) is 13.3. The fourth-order valence-electron chi connectivity index (χ4n) is 14.2. The molecule has 0 bridgehead atoms. The SMILES string of the molecule is CO[C@@H]1O[C@]2(CC[C@H]1C)O[C@H]1C[C@H]3[C@@H]4CC=C5C[C@@H](O[C@@H]6O[C@H](CO)[C@@H](O[C@@H]7O[C@@H](C)[C@H](O)[C@@H](O)[C@H]7O)[C@H](O)[C@H]6O[C@@H]6O[C@@H](C)[C@H](O)[C@@H](O)[C@H]6O)CC[C@]5(C)[C@H]4C[C@@H](O)[C@]3(C)[C@H]1[C@@H]2C. The Hall–Kier alpha value is -0.980. The van der Waals surface area contributed by atoms with Crippen LogP contribution in [0.4, 0.5) is 0 Å². The normalized spacial score (nSPS) is 58.6. The molecule has 0 unspecified atom stereocenters. The zero-order valence-corrected chi connectivity index (χ0v) is 38.1. The first-order valence-electron chi connectivity index (χ1n) is 23.8. The van der Waals surface area contributed by atoms with Gasteiger partial charge in [0.15, 0.2) is 30.9 Å². The van der Waals surface area contributed by atoms with Gasteiger partial charge < -0.3 is 88.6 Å². The van der Waals surface area contributed by atoms with Gasteiger partial charge in [0, 0.05) is 36.7 Å². The molecule has 4 aliphatic carbocycles. The number of rotatable bonds is 8. The first kappa shape index (κ1) is 48.1. The van der Waals surface area contributed by atoms with Crippen molar-refractivity contribution in [1.82, 2.24) is 0 Å². The van der Waals surface area contributed by atoms with Gasteiger partial charge in [-0.05, 0) is 82.0 Å². The van der Waals surface area contributed by atoms with E-state index in [1.165, 1.54) is 19.4 Å². The van der Waals surface area contributed by atoms with Gasteiger partial charge in [-0.1, -0.05) is 39.3 Å². The van der Waals surface area contributed by atoms with Gasteiger partial charge in [0.1, 0.15) is 61.0 Å².